The number of methoxy groups -OCH3 is 1. The van der Waals surface area contributed by atoms with E-state index in [9.17, 15) is 18.0 Å². The van der Waals surface area contributed by atoms with Gasteiger partial charge in [0.25, 0.3) is 5.91 Å². The molecule has 1 spiro atoms. The molecule has 200 valence electrons. The Bertz CT molecular complexity index is 1280. The monoisotopic (exact) mass is 523 g/mol. The zero-order chi connectivity index (χ0) is 27.0. The van der Waals surface area contributed by atoms with Crippen molar-refractivity contribution >= 4 is 22.8 Å². The third kappa shape index (κ3) is 5.29. The number of furan rings is 1. The number of aliphatic carboxylic acids is 1. The molecule has 12 heteroatoms. The summed E-state index contributed by atoms with van der Waals surface area (Å²) in [7, 11) is 1.61. The van der Waals surface area contributed by atoms with Gasteiger partial charge in [-0.25, -0.2) is 4.79 Å². The zero-order valence-corrected chi connectivity index (χ0v) is 20.7. The number of aromatic nitrogens is 1. The number of likely N-dealkylation sites (tertiary alicyclic amines) is 2. The molecule has 0 radical (unpaired) electrons. The fourth-order valence-corrected chi connectivity index (χ4v) is 4.96. The molecular weight excluding hydrogens is 495 g/mol. The fraction of sp³-hybridized carbons (Fsp3) is 0.480. The first-order valence-corrected chi connectivity index (χ1v) is 11.8. The predicted octanol–water partition coefficient (Wildman–Crippen LogP) is 4.56. The first kappa shape index (κ1) is 26.5. The van der Waals surface area contributed by atoms with Gasteiger partial charge in [-0.2, -0.15) is 13.2 Å². The number of para-hydroxylation sites is 1. The molecule has 1 N–H and O–H groups in total. The van der Waals surface area contributed by atoms with Gasteiger partial charge in [0.2, 0.25) is 0 Å². The van der Waals surface area contributed by atoms with Crippen LogP contribution in [0.1, 0.15) is 46.8 Å². The van der Waals surface area contributed by atoms with Gasteiger partial charge < -0.3 is 23.7 Å². The molecule has 1 amide bonds. The number of rotatable bonds is 4. The van der Waals surface area contributed by atoms with Gasteiger partial charge in [-0.05, 0) is 45.2 Å². The second-order valence-electron chi connectivity index (χ2n) is 9.32. The molecule has 0 aliphatic carbocycles. The van der Waals surface area contributed by atoms with Crippen molar-refractivity contribution in [2.45, 2.75) is 51.4 Å². The van der Waals surface area contributed by atoms with E-state index in [1.54, 1.807) is 7.11 Å². The van der Waals surface area contributed by atoms with Crippen LogP contribution in [0, 0.1) is 13.8 Å². The van der Waals surface area contributed by atoms with Crippen LogP contribution in [0.2, 0.25) is 0 Å². The first-order chi connectivity index (χ1) is 17.4. The molecular formula is C25H28F3N3O6. The second kappa shape index (κ2) is 10.1. The number of hydrogen-bond acceptors (Lipinski definition) is 7. The third-order valence-electron chi connectivity index (χ3n) is 7.07. The quantitative estimate of drug-likeness (QED) is 0.530. The van der Waals surface area contributed by atoms with Crippen LogP contribution in [0.4, 0.5) is 13.2 Å². The number of hydrogen-bond donors (Lipinski definition) is 1. The van der Waals surface area contributed by atoms with E-state index >= 15 is 0 Å². The number of alkyl halides is 3. The van der Waals surface area contributed by atoms with Gasteiger partial charge in [-0.15, -0.1) is 0 Å². The zero-order valence-electron chi connectivity index (χ0n) is 20.7. The van der Waals surface area contributed by atoms with Crippen LogP contribution in [0.5, 0.6) is 5.75 Å². The first-order valence-electron chi connectivity index (χ1n) is 11.8. The van der Waals surface area contributed by atoms with Crippen molar-refractivity contribution < 1.29 is 41.5 Å². The molecule has 3 aromatic rings. The number of halogens is 3. The molecule has 1 atom stereocenters. The summed E-state index contributed by atoms with van der Waals surface area (Å²) >= 11 is 0. The Morgan fingerprint density at radius 1 is 1.22 bits per heavy atom. The van der Waals surface area contributed by atoms with Crippen molar-refractivity contribution in [3.05, 3.63) is 47.0 Å². The van der Waals surface area contributed by atoms with Gasteiger partial charge in [-0.3, -0.25) is 9.69 Å². The smallest absolute Gasteiger partial charge is 0.490 e. The molecule has 37 heavy (non-hydrogen) atoms. The molecule has 1 unspecified atom stereocenters. The van der Waals surface area contributed by atoms with Crippen LogP contribution in [0.15, 0.2) is 33.2 Å². The maximum absolute atomic E-state index is 13.3. The van der Waals surface area contributed by atoms with Crippen molar-refractivity contribution in [1.82, 2.24) is 15.0 Å². The second-order valence-corrected chi connectivity index (χ2v) is 9.32. The maximum atomic E-state index is 13.3. The Labute approximate surface area is 210 Å². The van der Waals surface area contributed by atoms with E-state index in [1.165, 1.54) is 5.56 Å². The Morgan fingerprint density at radius 3 is 2.51 bits per heavy atom. The average Bonchev–Trinajstić information content (AvgIpc) is 3.44. The number of aryl methyl sites for hydroxylation is 2. The van der Waals surface area contributed by atoms with E-state index in [0.29, 0.717) is 17.1 Å². The Balaban J connectivity index is 0.000000405. The summed E-state index contributed by atoms with van der Waals surface area (Å²) in [4.78, 5) is 26.6. The van der Waals surface area contributed by atoms with Crippen LogP contribution in [0.25, 0.3) is 11.0 Å². The summed E-state index contributed by atoms with van der Waals surface area (Å²) in [6.45, 7) is 7.30. The molecule has 5 rings (SSSR count). The number of amides is 1. The van der Waals surface area contributed by atoms with E-state index in [1.807, 2.05) is 43.0 Å². The SMILES string of the molecule is COc1cccc2cc(C(=O)N3CCCC4(CCN4Cc4c(C)noc4C)C3)oc12.O=C(O)C(F)(F)F. The predicted molar refractivity (Wildman–Crippen MR) is 125 cm³/mol. The van der Waals surface area contributed by atoms with Crippen molar-refractivity contribution in [3.8, 4) is 5.75 Å². The number of carbonyl (C=O) groups is 2. The van der Waals surface area contributed by atoms with Crippen molar-refractivity contribution in [2.75, 3.05) is 26.7 Å². The molecule has 9 nitrogen and oxygen atoms in total. The van der Waals surface area contributed by atoms with Crippen molar-refractivity contribution in [2.24, 2.45) is 0 Å². The summed E-state index contributed by atoms with van der Waals surface area (Å²) < 4.78 is 48.4. The number of fused-ring (bicyclic) bond motifs is 1. The van der Waals surface area contributed by atoms with Crippen LogP contribution in [-0.2, 0) is 11.3 Å². The minimum atomic E-state index is -5.08. The van der Waals surface area contributed by atoms with Crippen LogP contribution < -0.4 is 4.74 Å². The molecule has 2 aromatic heterocycles. The maximum Gasteiger partial charge on any atom is 0.490 e. The van der Waals surface area contributed by atoms with Crippen molar-refractivity contribution in [1.29, 1.82) is 0 Å². The summed E-state index contributed by atoms with van der Waals surface area (Å²) in [6.07, 6.45) is -1.88. The van der Waals surface area contributed by atoms with Gasteiger partial charge in [0.1, 0.15) is 5.76 Å². The lowest BCUT2D eigenvalue weighted by atomic mass is 9.77. The summed E-state index contributed by atoms with van der Waals surface area (Å²) in [6, 6.07) is 7.51. The number of nitrogens with zero attached hydrogens (tertiary/aromatic N) is 3. The standard InChI is InChI=1S/C23H27N3O4.C2HF3O2/c1-15-18(16(2)30-24-15)13-26-11-9-23(26)8-5-10-25(14-23)22(27)20-12-17-6-4-7-19(28-3)21(17)29-20;3-2(4,5)1(6)7/h4,6-7,12H,5,8-11,13-14H2,1-3H3;(H,6,7). The largest absolute Gasteiger partial charge is 0.493 e. The molecule has 2 saturated heterocycles. The van der Waals surface area contributed by atoms with Gasteiger partial charge in [0.15, 0.2) is 17.1 Å². The van der Waals surface area contributed by atoms with E-state index in [2.05, 4.69) is 10.1 Å². The lowest BCUT2D eigenvalue weighted by Gasteiger charge is -2.57. The normalized spacial score (nSPS) is 19.9. The Kier molecular flexibility index (Phi) is 7.22. The van der Waals surface area contributed by atoms with Gasteiger partial charge in [0, 0.05) is 42.7 Å². The molecule has 2 aliphatic rings. The molecule has 4 heterocycles. The average molecular weight is 524 g/mol. The van der Waals surface area contributed by atoms with Crippen molar-refractivity contribution in [3.63, 3.8) is 0 Å². The van der Waals surface area contributed by atoms with E-state index in [-0.39, 0.29) is 11.4 Å². The lowest BCUT2D eigenvalue weighted by molar-refractivity contribution is -0.192. The van der Waals surface area contributed by atoms with Gasteiger partial charge in [0.05, 0.1) is 12.8 Å². The number of carbonyl (C=O) groups excluding carboxylic acids is 1. The van der Waals surface area contributed by atoms with E-state index in [4.69, 9.17) is 23.6 Å². The van der Waals surface area contributed by atoms with E-state index in [0.717, 1.165) is 62.3 Å². The number of carboxylic acids is 1. The van der Waals surface area contributed by atoms with E-state index < -0.39 is 12.1 Å². The molecule has 1 aromatic carbocycles. The highest BCUT2D eigenvalue weighted by atomic mass is 19.4. The third-order valence-corrected chi connectivity index (χ3v) is 7.07. The highest BCUT2D eigenvalue weighted by molar-refractivity contribution is 5.97. The topological polar surface area (TPSA) is 109 Å². The van der Waals surface area contributed by atoms with Crippen LogP contribution in [0.3, 0.4) is 0 Å². The lowest BCUT2D eigenvalue weighted by Crippen LogP contribution is -2.67. The number of carboxylic acid groups (broad SMARTS) is 1. The summed E-state index contributed by atoms with van der Waals surface area (Å²) in [5.74, 6) is -0.895. The highest BCUT2D eigenvalue weighted by Crippen LogP contribution is 2.41. The number of piperidine rings is 1. The fourth-order valence-electron chi connectivity index (χ4n) is 4.96. The number of ether oxygens (including phenoxy) is 1. The molecule has 2 fully saturated rings. The van der Waals surface area contributed by atoms with Crippen LogP contribution in [-0.4, -0.2) is 70.4 Å². The molecule has 0 saturated carbocycles. The van der Waals surface area contributed by atoms with Gasteiger partial charge >= 0.3 is 12.1 Å². The molecule has 0 bridgehead atoms. The van der Waals surface area contributed by atoms with Gasteiger partial charge in [-0.1, -0.05) is 17.3 Å². The Morgan fingerprint density at radius 2 is 1.95 bits per heavy atom. The summed E-state index contributed by atoms with van der Waals surface area (Å²) in [5.41, 5.74) is 2.78. The summed E-state index contributed by atoms with van der Waals surface area (Å²) in [5, 5.41) is 12.1. The molecule has 2 aliphatic heterocycles. The minimum absolute atomic E-state index is 0.0355. The Hall–Kier alpha value is -3.54. The number of benzene rings is 1. The minimum Gasteiger partial charge on any atom is -0.493 e. The highest BCUT2D eigenvalue weighted by Gasteiger charge is 2.48. The van der Waals surface area contributed by atoms with Crippen LogP contribution >= 0.6 is 0 Å².